The summed E-state index contributed by atoms with van der Waals surface area (Å²) in [5.41, 5.74) is 1.92. The van der Waals surface area contributed by atoms with Crippen molar-refractivity contribution in [2.75, 3.05) is 12.4 Å². The summed E-state index contributed by atoms with van der Waals surface area (Å²) in [7, 11) is 3.27. The quantitative estimate of drug-likeness (QED) is 0.817. The molecule has 1 N–H and O–H groups in total. The predicted octanol–water partition coefficient (Wildman–Crippen LogP) is 1.55. The molecule has 90 valence electrons. The second-order valence-electron chi connectivity index (χ2n) is 3.87. The SMILES string of the molecule is COC(=O)C(C)Nc1nc2ccccc2n1C. The third-order valence-electron chi connectivity index (χ3n) is 2.69. The Kier molecular flexibility index (Phi) is 2.99. The number of nitrogens with zero attached hydrogens (tertiary/aromatic N) is 2. The van der Waals surface area contributed by atoms with E-state index < -0.39 is 6.04 Å². The summed E-state index contributed by atoms with van der Waals surface area (Å²) in [6.45, 7) is 1.74. The lowest BCUT2D eigenvalue weighted by molar-refractivity contribution is -0.141. The largest absolute Gasteiger partial charge is 0.467 e. The Morgan fingerprint density at radius 1 is 1.47 bits per heavy atom. The van der Waals surface area contributed by atoms with E-state index in [-0.39, 0.29) is 5.97 Å². The summed E-state index contributed by atoms with van der Waals surface area (Å²) in [5.74, 6) is 0.348. The van der Waals surface area contributed by atoms with Crippen LogP contribution in [0.5, 0.6) is 0 Å². The molecule has 0 aliphatic carbocycles. The Morgan fingerprint density at radius 3 is 2.82 bits per heavy atom. The van der Waals surface area contributed by atoms with E-state index in [1.807, 2.05) is 35.9 Å². The van der Waals surface area contributed by atoms with E-state index in [0.717, 1.165) is 11.0 Å². The van der Waals surface area contributed by atoms with Gasteiger partial charge in [-0.2, -0.15) is 0 Å². The average Bonchev–Trinajstić information content (AvgIpc) is 2.66. The highest BCUT2D eigenvalue weighted by atomic mass is 16.5. The van der Waals surface area contributed by atoms with Crippen LogP contribution in [0.4, 0.5) is 5.95 Å². The monoisotopic (exact) mass is 233 g/mol. The van der Waals surface area contributed by atoms with Crippen LogP contribution in [0.3, 0.4) is 0 Å². The lowest BCUT2D eigenvalue weighted by Gasteiger charge is -2.11. The molecule has 5 nitrogen and oxygen atoms in total. The van der Waals surface area contributed by atoms with Crippen LogP contribution < -0.4 is 5.32 Å². The van der Waals surface area contributed by atoms with Crippen molar-refractivity contribution in [1.82, 2.24) is 9.55 Å². The maximum absolute atomic E-state index is 11.3. The number of rotatable bonds is 3. The summed E-state index contributed by atoms with van der Waals surface area (Å²) < 4.78 is 6.57. The molecule has 0 spiro atoms. The van der Waals surface area contributed by atoms with Crippen molar-refractivity contribution in [2.24, 2.45) is 7.05 Å². The van der Waals surface area contributed by atoms with Crippen LogP contribution in [-0.4, -0.2) is 28.7 Å². The van der Waals surface area contributed by atoms with E-state index in [0.29, 0.717) is 5.95 Å². The molecule has 0 bridgehead atoms. The number of carbonyl (C=O) groups excluding carboxylic acids is 1. The molecule has 0 aliphatic heterocycles. The molecular formula is C12H15N3O2. The molecular weight excluding hydrogens is 218 g/mol. The molecule has 1 atom stereocenters. The van der Waals surface area contributed by atoms with Gasteiger partial charge in [-0.15, -0.1) is 0 Å². The fourth-order valence-corrected chi connectivity index (χ4v) is 1.70. The number of aryl methyl sites for hydroxylation is 1. The Bertz CT molecular complexity index is 548. The molecule has 0 saturated carbocycles. The molecule has 1 aromatic carbocycles. The molecule has 1 unspecified atom stereocenters. The highest BCUT2D eigenvalue weighted by Gasteiger charge is 2.15. The van der Waals surface area contributed by atoms with Gasteiger partial charge in [-0.1, -0.05) is 12.1 Å². The Balaban J connectivity index is 2.30. The van der Waals surface area contributed by atoms with Crippen molar-refractivity contribution >= 4 is 23.0 Å². The Morgan fingerprint density at radius 2 is 2.18 bits per heavy atom. The van der Waals surface area contributed by atoms with E-state index in [4.69, 9.17) is 0 Å². The van der Waals surface area contributed by atoms with Crippen LogP contribution in [0.25, 0.3) is 11.0 Å². The van der Waals surface area contributed by atoms with E-state index >= 15 is 0 Å². The molecule has 2 aromatic rings. The van der Waals surface area contributed by atoms with Gasteiger partial charge in [0.2, 0.25) is 5.95 Å². The van der Waals surface area contributed by atoms with Gasteiger partial charge >= 0.3 is 5.97 Å². The standard InChI is InChI=1S/C12H15N3O2/c1-8(11(16)17-3)13-12-14-9-6-4-5-7-10(9)15(12)2/h4-8H,1-3H3,(H,13,14). The highest BCUT2D eigenvalue weighted by Crippen LogP contribution is 2.18. The molecule has 2 rings (SSSR count). The number of para-hydroxylation sites is 2. The third-order valence-corrected chi connectivity index (χ3v) is 2.69. The minimum absolute atomic E-state index is 0.308. The fourth-order valence-electron chi connectivity index (χ4n) is 1.70. The second kappa shape index (κ2) is 4.45. The summed E-state index contributed by atoms with van der Waals surface area (Å²) in [5, 5.41) is 3.03. The van der Waals surface area contributed by atoms with Crippen LogP contribution in [0.15, 0.2) is 24.3 Å². The van der Waals surface area contributed by atoms with Crippen molar-refractivity contribution in [3.05, 3.63) is 24.3 Å². The number of aromatic nitrogens is 2. The fraction of sp³-hybridized carbons (Fsp3) is 0.333. The number of hydrogen-bond donors (Lipinski definition) is 1. The summed E-state index contributed by atoms with van der Waals surface area (Å²) in [6, 6.07) is 7.38. The zero-order valence-corrected chi connectivity index (χ0v) is 10.1. The Hall–Kier alpha value is -2.04. The van der Waals surface area contributed by atoms with Crippen molar-refractivity contribution < 1.29 is 9.53 Å². The molecule has 1 heterocycles. The van der Waals surface area contributed by atoms with E-state index in [1.165, 1.54) is 7.11 Å². The zero-order valence-electron chi connectivity index (χ0n) is 10.1. The Labute approximate surface area is 99.4 Å². The summed E-state index contributed by atoms with van der Waals surface area (Å²) in [6.07, 6.45) is 0. The van der Waals surface area contributed by atoms with Crippen LogP contribution >= 0.6 is 0 Å². The minimum atomic E-state index is -0.421. The van der Waals surface area contributed by atoms with Crippen LogP contribution in [0, 0.1) is 0 Å². The van der Waals surface area contributed by atoms with Crippen LogP contribution in [-0.2, 0) is 16.6 Å². The van der Waals surface area contributed by atoms with Crippen molar-refractivity contribution in [2.45, 2.75) is 13.0 Å². The normalized spacial score (nSPS) is 12.4. The van der Waals surface area contributed by atoms with Gasteiger partial charge in [0.25, 0.3) is 0 Å². The first-order chi connectivity index (χ1) is 8.13. The smallest absolute Gasteiger partial charge is 0.328 e. The van der Waals surface area contributed by atoms with Gasteiger partial charge in [0.1, 0.15) is 6.04 Å². The van der Waals surface area contributed by atoms with Gasteiger partial charge in [0.15, 0.2) is 0 Å². The lowest BCUT2D eigenvalue weighted by Crippen LogP contribution is -2.28. The number of hydrogen-bond acceptors (Lipinski definition) is 4. The van der Waals surface area contributed by atoms with Crippen molar-refractivity contribution in [1.29, 1.82) is 0 Å². The molecule has 17 heavy (non-hydrogen) atoms. The van der Waals surface area contributed by atoms with E-state index in [9.17, 15) is 4.79 Å². The van der Waals surface area contributed by atoms with Gasteiger partial charge in [-0.05, 0) is 19.1 Å². The molecule has 0 amide bonds. The van der Waals surface area contributed by atoms with Gasteiger partial charge < -0.3 is 14.6 Å². The van der Waals surface area contributed by atoms with Crippen molar-refractivity contribution in [3.63, 3.8) is 0 Å². The number of fused-ring (bicyclic) bond motifs is 1. The number of methoxy groups -OCH3 is 1. The van der Waals surface area contributed by atoms with Gasteiger partial charge in [-0.3, -0.25) is 0 Å². The molecule has 0 radical (unpaired) electrons. The second-order valence-corrected chi connectivity index (χ2v) is 3.87. The predicted molar refractivity (Wildman–Crippen MR) is 65.8 cm³/mol. The number of carbonyl (C=O) groups is 1. The number of anilines is 1. The number of benzene rings is 1. The highest BCUT2D eigenvalue weighted by molar-refractivity contribution is 5.81. The first kappa shape index (κ1) is 11.4. The molecule has 1 aromatic heterocycles. The van der Waals surface area contributed by atoms with Crippen LogP contribution in [0.1, 0.15) is 6.92 Å². The summed E-state index contributed by atoms with van der Waals surface area (Å²) in [4.78, 5) is 15.7. The first-order valence-electron chi connectivity index (χ1n) is 5.39. The average molecular weight is 233 g/mol. The zero-order chi connectivity index (χ0) is 12.4. The van der Waals surface area contributed by atoms with Crippen molar-refractivity contribution in [3.8, 4) is 0 Å². The van der Waals surface area contributed by atoms with E-state index in [1.54, 1.807) is 6.92 Å². The topological polar surface area (TPSA) is 56.1 Å². The number of esters is 1. The molecule has 0 aliphatic rings. The summed E-state index contributed by atoms with van der Waals surface area (Å²) >= 11 is 0. The molecule has 0 fully saturated rings. The minimum Gasteiger partial charge on any atom is -0.467 e. The number of nitrogens with one attached hydrogen (secondary N) is 1. The van der Waals surface area contributed by atoms with Crippen LogP contribution in [0.2, 0.25) is 0 Å². The van der Waals surface area contributed by atoms with Gasteiger partial charge in [-0.25, -0.2) is 9.78 Å². The number of ether oxygens (including phenoxy) is 1. The number of imidazole rings is 1. The molecule has 0 saturated heterocycles. The maximum Gasteiger partial charge on any atom is 0.328 e. The van der Waals surface area contributed by atoms with Gasteiger partial charge in [0, 0.05) is 7.05 Å². The molecule has 5 heteroatoms. The lowest BCUT2D eigenvalue weighted by atomic mass is 10.3. The van der Waals surface area contributed by atoms with E-state index in [2.05, 4.69) is 15.0 Å². The maximum atomic E-state index is 11.3. The third kappa shape index (κ3) is 2.08. The van der Waals surface area contributed by atoms with Gasteiger partial charge in [0.05, 0.1) is 18.1 Å². The first-order valence-corrected chi connectivity index (χ1v) is 5.39.